The summed E-state index contributed by atoms with van der Waals surface area (Å²) in [7, 11) is 0. The Hall–Kier alpha value is -0.910. The third-order valence-corrected chi connectivity index (χ3v) is 2.83. The average molecular weight is 225 g/mol. The van der Waals surface area contributed by atoms with Crippen molar-refractivity contribution in [2.45, 2.75) is 32.0 Å². The minimum Gasteiger partial charge on any atom is -0.394 e. The van der Waals surface area contributed by atoms with Crippen LogP contribution in [0.15, 0.2) is 12.4 Å². The molecule has 2 heterocycles. The van der Waals surface area contributed by atoms with E-state index >= 15 is 0 Å². The Morgan fingerprint density at radius 1 is 1.50 bits per heavy atom. The molecule has 1 aliphatic heterocycles. The minimum absolute atomic E-state index is 0.133. The van der Waals surface area contributed by atoms with Crippen molar-refractivity contribution in [1.82, 2.24) is 15.1 Å². The van der Waals surface area contributed by atoms with Crippen molar-refractivity contribution in [1.29, 1.82) is 0 Å². The van der Waals surface area contributed by atoms with Crippen molar-refractivity contribution in [2.75, 3.05) is 19.8 Å². The zero-order valence-corrected chi connectivity index (χ0v) is 9.43. The van der Waals surface area contributed by atoms with Gasteiger partial charge in [0.2, 0.25) is 0 Å². The quantitative estimate of drug-likeness (QED) is 0.748. The summed E-state index contributed by atoms with van der Waals surface area (Å²) >= 11 is 0. The summed E-state index contributed by atoms with van der Waals surface area (Å²) in [4.78, 5) is 0. The van der Waals surface area contributed by atoms with Crippen LogP contribution in [0.25, 0.3) is 0 Å². The molecular formula is C11H19N3O2. The number of ether oxygens (including phenoxy) is 1. The zero-order chi connectivity index (χ0) is 11.2. The van der Waals surface area contributed by atoms with Crippen LogP contribution < -0.4 is 5.32 Å². The fourth-order valence-corrected chi connectivity index (χ4v) is 1.89. The van der Waals surface area contributed by atoms with Crippen molar-refractivity contribution in [3.8, 4) is 0 Å². The molecule has 2 rings (SSSR count). The maximum Gasteiger partial charge on any atom is 0.0640 e. The van der Waals surface area contributed by atoms with Crippen LogP contribution in [0.3, 0.4) is 0 Å². The zero-order valence-electron chi connectivity index (χ0n) is 9.43. The highest BCUT2D eigenvalue weighted by atomic mass is 16.5. The summed E-state index contributed by atoms with van der Waals surface area (Å²) in [6.45, 7) is 3.27. The van der Waals surface area contributed by atoms with E-state index in [4.69, 9.17) is 9.84 Å². The molecule has 0 aliphatic carbocycles. The normalized spacial score (nSPS) is 17.8. The largest absolute Gasteiger partial charge is 0.394 e. The van der Waals surface area contributed by atoms with Gasteiger partial charge in [-0.15, -0.1) is 0 Å². The van der Waals surface area contributed by atoms with Crippen LogP contribution in [0.1, 0.15) is 18.4 Å². The van der Waals surface area contributed by atoms with Gasteiger partial charge in [0.25, 0.3) is 0 Å². The summed E-state index contributed by atoms with van der Waals surface area (Å²) < 4.78 is 7.07. The lowest BCUT2D eigenvalue weighted by Gasteiger charge is -2.22. The first-order valence-electron chi connectivity index (χ1n) is 5.82. The molecule has 1 fully saturated rings. The van der Waals surface area contributed by atoms with E-state index in [1.54, 1.807) is 4.68 Å². The lowest BCUT2D eigenvalue weighted by atomic mass is 10.1. The molecule has 5 nitrogen and oxygen atoms in total. The van der Waals surface area contributed by atoms with Crippen LogP contribution in [0, 0.1) is 0 Å². The van der Waals surface area contributed by atoms with E-state index in [1.165, 1.54) is 5.56 Å². The number of rotatable bonds is 5. The second kappa shape index (κ2) is 5.98. The van der Waals surface area contributed by atoms with E-state index in [0.29, 0.717) is 12.6 Å². The lowest BCUT2D eigenvalue weighted by molar-refractivity contribution is 0.0776. The van der Waals surface area contributed by atoms with Crippen molar-refractivity contribution in [3.05, 3.63) is 18.0 Å². The molecule has 16 heavy (non-hydrogen) atoms. The van der Waals surface area contributed by atoms with Crippen molar-refractivity contribution in [3.63, 3.8) is 0 Å². The second-order valence-corrected chi connectivity index (χ2v) is 4.10. The Morgan fingerprint density at radius 3 is 3.06 bits per heavy atom. The van der Waals surface area contributed by atoms with E-state index in [0.717, 1.165) is 32.6 Å². The SMILES string of the molecule is OCCn1cc(CNC2CCOCC2)cn1. The van der Waals surface area contributed by atoms with Crippen LogP contribution in [-0.2, 0) is 17.8 Å². The molecule has 0 bridgehead atoms. The Balaban J connectivity index is 1.75. The highest BCUT2D eigenvalue weighted by molar-refractivity contribution is 5.03. The first-order valence-corrected chi connectivity index (χ1v) is 5.82. The van der Waals surface area contributed by atoms with Crippen molar-refractivity contribution >= 4 is 0 Å². The predicted octanol–water partition coefficient (Wildman–Crippen LogP) is 0.144. The Labute approximate surface area is 95.4 Å². The summed E-state index contributed by atoms with van der Waals surface area (Å²) in [5, 5.41) is 16.4. The van der Waals surface area contributed by atoms with Gasteiger partial charge in [-0.05, 0) is 12.8 Å². The van der Waals surface area contributed by atoms with Crippen molar-refractivity contribution in [2.24, 2.45) is 0 Å². The number of nitrogens with one attached hydrogen (secondary N) is 1. The molecule has 1 aromatic heterocycles. The first-order chi connectivity index (χ1) is 7.88. The maximum absolute atomic E-state index is 8.77. The van der Waals surface area contributed by atoms with Gasteiger partial charge in [-0.2, -0.15) is 5.10 Å². The number of hydrogen-bond donors (Lipinski definition) is 2. The number of nitrogens with zero attached hydrogens (tertiary/aromatic N) is 2. The van der Waals surface area contributed by atoms with E-state index in [-0.39, 0.29) is 6.61 Å². The van der Waals surface area contributed by atoms with Gasteiger partial charge in [0.05, 0.1) is 19.3 Å². The molecule has 1 aromatic rings. The number of aliphatic hydroxyl groups excluding tert-OH is 1. The second-order valence-electron chi connectivity index (χ2n) is 4.10. The number of aliphatic hydroxyl groups is 1. The van der Waals surface area contributed by atoms with Gasteiger partial charge in [0.15, 0.2) is 0 Å². The van der Waals surface area contributed by atoms with Crippen LogP contribution >= 0.6 is 0 Å². The first kappa shape index (κ1) is 11.6. The van der Waals surface area contributed by atoms with Gasteiger partial charge >= 0.3 is 0 Å². The Bertz CT molecular complexity index is 308. The third-order valence-electron chi connectivity index (χ3n) is 2.83. The van der Waals surface area contributed by atoms with Gasteiger partial charge in [0, 0.05) is 37.6 Å². The van der Waals surface area contributed by atoms with Gasteiger partial charge in [-0.25, -0.2) is 0 Å². The molecule has 0 spiro atoms. The van der Waals surface area contributed by atoms with Gasteiger partial charge in [0.1, 0.15) is 0 Å². The lowest BCUT2D eigenvalue weighted by Crippen LogP contribution is -2.34. The average Bonchev–Trinajstić information content (AvgIpc) is 2.76. The standard InChI is InChI=1S/C11H19N3O2/c15-4-3-14-9-10(8-13-14)7-12-11-1-5-16-6-2-11/h8-9,11-12,15H,1-7H2. The highest BCUT2D eigenvalue weighted by Gasteiger charge is 2.12. The molecule has 5 heteroatoms. The van der Waals surface area contributed by atoms with E-state index in [9.17, 15) is 0 Å². The van der Waals surface area contributed by atoms with Crippen LogP contribution in [-0.4, -0.2) is 40.7 Å². The predicted molar refractivity (Wildman–Crippen MR) is 60.0 cm³/mol. The molecule has 1 saturated heterocycles. The maximum atomic E-state index is 8.77. The topological polar surface area (TPSA) is 59.3 Å². The molecule has 0 unspecified atom stereocenters. The molecule has 0 radical (unpaired) electrons. The molecule has 2 N–H and O–H groups in total. The Morgan fingerprint density at radius 2 is 2.31 bits per heavy atom. The fourth-order valence-electron chi connectivity index (χ4n) is 1.89. The smallest absolute Gasteiger partial charge is 0.0640 e. The summed E-state index contributed by atoms with van der Waals surface area (Å²) in [6, 6.07) is 0.565. The summed E-state index contributed by atoms with van der Waals surface area (Å²) in [5.74, 6) is 0. The highest BCUT2D eigenvalue weighted by Crippen LogP contribution is 2.07. The summed E-state index contributed by atoms with van der Waals surface area (Å²) in [5.41, 5.74) is 1.17. The fraction of sp³-hybridized carbons (Fsp3) is 0.727. The molecule has 0 amide bonds. The van der Waals surface area contributed by atoms with E-state index < -0.39 is 0 Å². The van der Waals surface area contributed by atoms with Crippen molar-refractivity contribution < 1.29 is 9.84 Å². The molecule has 0 atom stereocenters. The molecule has 90 valence electrons. The van der Waals surface area contributed by atoms with Gasteiger partial charge in [-0.1, -0.05) is 0 Å². The monoisotopic (exact) mass is 225 g/mol. The Kier molecular flexibility index (Phi) is 4.33. The number of aromatic nitrogens is 2. The van der Waals surface area contributed by atoms with Crippen LogP contribution in [0.5, 0.6) is 0 Å². The van der Waals surface area contributed by atoms with E-state index in [1.807, 2.05) is 12.4 Å². The third kappa shape index (κ3) is 3.30. The molecular weight excluding hydrogens is 206 g/mol. The summed E-state index contributed by atoms with van der Waals surface area (Å²) in [6.07, 6.45) is 6.00. The number of hydrogen-bond acceptors (Lipinski definition) is 4. The van der Waals surface area contributed by atoms with Gasteiger partial charge in [-0.3, -0.25) is 4.68 Å². The van der Waals surface area contributed by atoms with Gasteiger partial charge < -0.3 is 15.2 Å². The van der Waals surface area contributed by atoms with Crippen LogP contribution in [0.2, 0.25) is 0 Å². The van der Waals surface area contributed by atoms with E-state index in [2.05, 4.69) is 10.4 Å². The molecule has 1 aliphatic rings. The van der Waals surface area contributed by atoms with Crippen LogP contribution in [0.4, 0.5) is 0 Å². The minimum atomic E-state index is 0.133. The molecule has 0 saturated carbocycles. The molecule has 0 aromatic carbocycles.